The molecule has 1 fully saturated rings. The molecule has 104 valence electrons. The van der Waals surface area contributed by atoms with E-state index in [0.29, 0.717) is 6.61 Å². The Kier molecular flexibility index (Phi) is 6.12. The van der Waals surface area contributed by atoms with Crippen molar-refractivity contribution in [2.75, 3.05) is 13.2 Å². The van der Waals surface area contributed by atoms with Crippen molar-refractivity contribution in [2.24, 2.45) is 0 Å². The first kappa shape index (κ1) is 15.0. The quantitative estimate of drug-likeness (QED) is 0.616. The summed E-state index contributed by atoms with van der Waals surface area (Å²) in [6.07, 6.45) is 5.67. The van der Waals surface area contributed by atoms with Crippen LogP contribution in [0.4, 0.5) is 0 Å². The number of hydrogen-bond donors (Lipinski definition) is 2. The molecule has 0 atom stereocenters. The summed E-state index contributed by atoms with van der Waals surface area (Å²) in [4.78, 5) is 22.4. The largest absolute Gasteiger partial charge is 0.481 e. The fourth-order valence-corrected chi connectivity index (χ4v) is 2.19. The van der Waals surface area contributed by atoms with Crippen molar-refractivity contribution in [3.05, 3.63) is 0 Å². The van der Waals surface area contributed by atoms with E-state index < -0.39 is 11.5 Å². The smallest absolute Gasteiger partial charge is 0.305 e. The number of carboxylic acids is 1. The second-order valence-electron chi connectivity index (χ2n) is 5.01. The summed E-state index contributed by atoms with van der Waals surface area (Å²) in [6, 6.07) is 0. The third-order valence-corrected chi connectivity index (χ3v) is 3.33. The van der Waals surface area contributed by atoms with E-state index in [4.69, 9.17) is 9.84 Å². The van der Waals surface area contributed by atoms with E-state index in [0.717, 1.165) is 38.5 Å². The molecule has 0 radical (unpaired) electrons. The number of ether oxygens (including phenoxy) is 1. The zero-order valence-electron chi connectivity index (χ0n) is 11.0. The van der Waals surface area contributed by atoms with Gasteiger partial charge in [0, 0.05) is 6.61 Å². The Hall–Kier alpha value is -1.10. The number of hydrogen-bond acceptors (Lipinski definition) is 3. The molecule has 1 rings (SSSR count). The van der Waals surface area contributed by atoms with Crippen LogP contribution in [-0.2, 0) is 14.3 Å². The molecule has 5 nitrogen and oxygen atoms in total. The Morgan fingerprint density at radius 1 is 1.33 bits per heavy atom. The van der Waals surface area contributed by atoms with Gasteiger partial charge in [0.15, 0.2) is 0 Å². The van der Waals surface area contributed by atoms with Crippen molar-refractivity contribution >= 4 is 11.9 Å². The first-order valence-electron chi connectivity index (χ1n) is 6.68. The maximum atomic E-state index is 11.6. The summed E-state index contributed by atoms with van der Waals surface area (Å²) < 4.78 is 5.26. The number of rotatable bonds is 9. The van der Waals surface area contributed by atoms with Crippen LogP contribution in [0.2, 0.25) is 0 Å². The van der Waals surface area contributed by atoms with Gasteiger partial charge < -0.3 is 15.2 Å². The maximum Gasteiger partial charge on any atom is 0.305 e. The van der Waals surface area contributed by atoms with Crippen molar-refractivity contribution in [1.82, 2.24) is 5.32 Å². The number of carboxylic acid groups (broad SMARTS) is 1. The Balaban J connectivity index is 2.19. The fourth-order valence-electron chi connectivity index (χ4n) is 2.19. The average Bonchev–Trinajstić information content (AvgIpc) is 2.25. The molecule has 1 aliphatic carbocycles. The predicted octanol–water partition coefficient (Wildman–Crippen LogP) is 1.71. The van der Waals surface area contributed by atoms with Crippen molar-refractivity contribution in [2.45, 2.75) is 57.4 Å². The second-order valence-corrected chi connectivity index (χ2v) is 5.01. The zero-order chi connectivity index (χ0) is 13.4. The van der Waals surface area contributed by atoms with Gasteiger partial charge in [-0.25, -0.2) is 0 Å². The minimum absolute atomic E-state index is 0.00851. The Labute approximate surface area is 108 Å². The molecule has 1 saturated carbocycles. The van der Waals surface area contributed by atoms with Crippen LogP contribution in [0, 0.1) is 0 Å². The molecule has 0 aromatic heterocycles. The highest BCUT2D eigenvalue weighted by molar-refractivity contribution is 5.79. The van der Waals surface area contributed by atoms with E-state index in [9.17, 15) is 9.59 Å². The van der Waals surface area contributed by atoms with E-state index in [1.165, 1.54) is 0 Å². The fraction of sp³-hybridized carbons (Fsp3) is 0.846. The lowest BCUT2D eigenvalue weighted by Gasteiger charge is -2.41. The monoisotopic (exact) mass is 257 g/mol. The number of unbranched alkanes of at least 4 members (excludes halogenated alkanes) is 2. The standard InChI is InChI=1S/C13H23NO4/c1-2-3-4-8-18-10-11(15)14-13(6-5-7-13)9-12(16)17/h2-10H2,1H3,(H,14,15)(H,16,17). The average molecular weight is 257 g/mol. The third kappa shape index (κ3) is 5.04. The van der Waals surface area contributed by atoms with Gasteiger partial charge in [-0.3, -0.25) is 9.59 Å². The van der Waals surface area contributed by atoms with Crippen molar-refractivity contribution in [3.63, 3.8) is 0 Å². The zero-order valence-corrected chi connectivity index (χ0v) is 11.0. The van der Waals surface area contributed by atoms with Gasteiger partial charge in [0.05, 0.1) is 12.0 Å². The van der Waals surface area contributed by atoms with Crippen LogP contribution in [0.5, 0.6) is 0 Å². The highest BCUT2D eigenvalue weighted by Crippen LogP contribution is 2.34. The van der Waals surface area contributed by atoms with Crippen LogP contribution < -0.4 is 5.32 Å². The third-order valence-electron chi connectivity index (χ3n) is 3.33. The SMILES string of the molecule is CCCCCOCC(=O)NC1(CC(=O)O)CCC1. The van der Waals surface area contributed by atoms with Gasteiger partial charge in [0.2, 0.25) is 5.91 Å². The molecule has 0 aromatic carbocycles. The van der Waals surface area contributed by atoms with Gasteiger partial charge in [0.25, 0.3) is 0 Å². The maximum absolute atomic E-state index is 11.6. The van der Waals surface area contributed by atoms with Crippen LogP contribution in [0.15, 0.2) is 0 Å². The van der Waals surface area contributed by atoms with Gasteiger partial charge in [-0.15, -0.1) is 0 Å². The van der Waals surface area contributed by atoms with Gasteiger partial charge in [-0.2, -0.15) is 0 Å². The van der Waals surface area contributed by atoms with Crippen LogP contribution >= 0.6 is 0 Å². The Bertz CT molecular complexity index is 287. The highest BCUT2D eigenvalue weighted by Gasteiger charge is 2.40. The van der Waals surface area contributed by atoms with E-state index >= 15 is 0 Å². The number of carbonyl (C=O) groups is 2. The molecule has 0 saturated heterocycles. The summed E-state index contributed by atoms with van der Waals surface area (Å²) in [5.74, 6) is -1.06. The summed E-state index contributed by atoms with van der Waals surface area (Å²) in [5.41, 5.74) is -0.518. The van der Waals surface area contributed by atoms with E-state index in [1.807, 2.05) is 0 Å². The lowest BCUT2D eigenvalue weighted by molar-refractivity contribution is -0.141. The molecular formula is C13H23NO4. The van der Waals surface area contributed by atoms with Gasteiger partial charge in [-0.1, -0.05) is 19.8 Å². The summed E-state index contributed by atoms with van der Waals surface area (Å²) in [6.45, 7) is 2.73. The molecule has 0 aliphatic heterocycles. The Morgan fingerprint density at radius 2 is 2.06 bits per heavy atom. The predicted molar refractivity (Wildman–Crippen MR) is 67.3 cm³/mol. The number of amides is 1. The molecule has 0 unspecified atom stereocenters. The minimum Gasteiger partial charge on any atom is -0.481 e. The van der Waals surface area contributed by atoms with Crippen molar-refractivity contribution in [1.29, 1.82) is 0 Å². The van der Waals surface area contributed by atoms with Gasteiger partial charge in [0.1, 0.15) is 6.61 Å². The van der Waals surface area contributed by atoms with Crippen molar-refractivity contribution in [3.8, 4) is 0 Å². The topological polar surface area (TPSA) is 75.6 Å². The summed E-state index contributed by atoms with van der Waals surface area (Å²) >= 11 is 0. The molecule has 5 heteroatoms. The number of aliphatic carboxylic acids is 1. The number of nitrogens with one attached hydrogen (secondary N) is 1. The van der Waals surface area contributed by atoms with Crippen molar-refractivity contribution < 1.29 is 19.4 Å². The van der Waals surface area contributed by atoms with Crippen LogP contribution in [0.1, 0.15) is 51.9 Å². The van der Waals surface area contributed by atoms with Crippen LogP contribution in [0.3, 0.4) is 0 Å². The number of carbonyl (C=O) groups excluding carboxylic acids is 1. The summed E-state index contributed by atoms with van der Waals surface area (Å²) in [5, 5.41) is 11.6. The van der Waals surface area contributed by atoms with E-state index in [-0.39, 0.29) is 18.9 Å². The van der Waals surface area contributed by atoms with Gasteiger partial charge in [-0.05, 0) is 25.7 Å². The molecule has 2 N–H and O–H groups in total. The first-order chi connectivity index (χ1) is 8.58. The molecule has 1 aliphatic rings. The van der Waals surface area contributed by atoms with E-state index in [1.54, 1.807) is 0 Å². The molecule has 0 spiro atoms. The molecular weight excluding hydrogens is 234 g/mol. The highest BCUT2D eigenvalue weighted by atomic mass is 16.5. The second kappa shape index (κ2) is 7.36. The molecule has 18 heavy (non-hydrogen) atoms. The normalized spacial score (nSPS) is 16.9. The molecule has 1 amide bonds. The Morgan fingerprint density at radius 3 is 2.56 bits per heavy atom. The van der Waals surface area contributed by atoms with Crippen LogP contribution in [-0.4, -0.2) is 35.7 Å². The lowest BCUT2D eigenvalue weighted by atomic mass is 9.74. The summed E-state index contributed by atoms with van der Waals surface area (Å²) in [7, 11) is 0. The molecule has 0 heterocycles. The molecule has 0 aromatic rings. The minimum atomic E-state index is -0.862. The molecule has 0 bridgehead atoms. The van der Waals surface area contributed by atoms with Crippen LogP contribution in [0.25, 0.3) is 0 Å². The lowest BCUT2D eigenvalue weighted by Crippen LogP contribution is -2.55. The van der Waals surface area contributed by atoms with E-state index in [2.05, 4.69) is 12.2 Å². The first-order valence-corrected chi connectivity index (χ1v) is 6.68. The van der Waals surface area contributed by atoms with Gasteiger partial charge >= 0.3 is 5.97 Å².